The van der Waals surface area contributed by atoms with Crippen molar-refractivity contribution < 1.29 is 0 Å². The molecular weight excluding hydrogens is 258 g/mol. The summed E-state index contributed by atoms with van der Waals surface area (Å²) in [4.78, 5) is 9.03. The third kappa shape index (κ3) is 2.63. The zero-order valence-corrected chi connectivity index (χ0v) is 12.2. The lowest BCUT2D eigenvalue weighted by molar-refractivity contribution is 1.18. The number of nitrogens with two attached hydrogens (primary N) is 1. The number of rotatable bonds is 2. The maximum Gasteiger partial charge on any atom is 0.162 e. The first-order chi connectivity index (χ1) is 10.1. The number of nitrogens with zero attached hydrogens (tertiary/aromatic N) is 2. The topological polar surface area (TPSA) is 51.8 Å². The molecule has 0 bridgehead atoms. The van der Waals surface area contributed by atoms with E-state index in [9.17, 15) is 0 Å². The van der Waals surface area contributed by atoms with Crippen LogP contribution >= 0.6 is 0 Å². The molecule has 21 heavy (non-hydrogen) atoms. The first-order valence-corrected chi connectivity index (χ1v) is 6.92. The van der Waals surface area contributed by atoms with Gasteiger partial charge in [0.05, 0.1) is 5.69 Å². The van der Waals surface area contributed by atoms with Crippen molar-refractivity contribution in [3.8, 4) is 22.6 Å². The lowest BCUT2D eigenvalue weighted by atomic mass is 10.0. The third-order valence-electron chi connectivity index (χ3n) is 3.66. The van der Waals surface area contributed by atoms with E-state index in [0.717, 1.165) is 16.8 Å². The predicted molar refractivity (Wildman–Crippen MR) is 86.8 cm³/mol. The molecule has 3 nitrogen and oxygen atoms in total. The van der Waals surface area contributed by atoms with Gasteiger partial charge in [0, 0.05) is 17.2 Å². The molecule has 0 amide bonds. The van der Waals surface area contributed by atoms with Crippen LogP contribution < -0.4 is 5.73 Å². The van der Waals surface area contributed by atoms with E-state index in [1.165, 1.54) is 11.1 Å². The average molecular weight is 275 g/mol. The molecule has 0 radical (unpaired) electrons. The molecule has 3 rings (SSSR count). The molecule has 2 N–H and O–H groups in total. The van der Waals surface area contributed by atoms with E-state index in [4.69, 9.17) is 5.73 Å². The Bertz CT molecular complexity index is 780. The summed E-state index contributed by atoms with van der Waals surface area (Å²) in [6, 6.07) is 17.9. The minimum atomic E-state index is 0.486. The summed E-state index contributed by atoms with van der Waals surface area (Å²) in [6.45, 7) is 4.20. The smallest absolute Gasteiger partial charge is 0.162 e. The summed E-state index contributed by atoms with van der Waals surface area (Å²) >= 11 is 0. The Hall–Kier alpha value is -2.68. The van der Waals surface area contributed by atoms with Crippen LogP contribution in [0.5, 0.6) is 0 Å². The molecule has 3 aromatic rings. The van der Waals surface area contributed by atoms with Gasteiger partial charge in [-0.1, -0.05) is 48.5 Å². The molecule has 0 aliphatic carbocycles. The minimum absolute atomic E-state index is 0.486. The van der Waals surface area contributed by atoms with Crippen molar-refractivity contribution >= 4 is 5.82 Å². The highest BCUT2D eigenvalue weighted by Gasteiger charge is 2.09. The Balaban J connectivity index is 2.17. The highest BCUT2D eigenvalue weighted by atomic mass is 14.9. The molecule has 0 aliphatic heterocycles. The number of anilines is 1. The molecule has 2 aromatic carbocycles. The number of hydrogen-bond acceptors (Lipinski definition) is 3. The van der Waals surface area contributed by atoms with Crippen LogP contribution in [0.1, 0.15) is 11.1 Å². The highest BCUT2D eigenvalue weighted by Crippen LogP contribution is 2.27. The van der Waals surface area contributed by atoms with Gasteiger partial charge in [0.15, 0.2) is 5.82 Å². The quantitative estimate of drug-likeness (QED) is 0.768. The molecule has 0 saturated carbocycles. The molecule has 0 atom stereocenters. The lowest BCUT2D eigenvalue weighted by Gasteiger charge is -2.10. The van der Waals surface area contributed by atoms with Crippen molar-refractivity contribution in [3.05, 3.63) is 65.7 Å². The first kappa shape index (κ1) is 13.3. The maximum atomic E-state index is 5.97. The maximum absolute atomic E-state index is 5.97. The van der Waals surface area contributed by atoms with Crippen molar-refractivity contribution in [3.63, 3.8) is 0 Å². The zero-order chi connectivity index (χ0) is 14.8. The summed E-state index contributed by atoms with van der Waals surface area (Å²) in [5.41, 5.74) is 11.4. The number of aromatic nitrogens is 2. The summed E-state index contributed by atoms with van der Waals surface area (Å²) in [5.74, 6) is 1.14. The Morgan fingerprint density at radius 3 is 2.38 bits per heavy atom. The van der Waals surface area contributed by atoms with Gasteiger partial charge in [-0.2, -0.15) is 0 Å². The van der Waals surface area contributed by atoms with Crippen LogP contribution in [0.15, 0.2) is 54.6 Å². The van der Waals surface area contributed by atoms with Crippen molar-refractivity contribution in [1.29, 1.82) is 0 Å². The summed E-state index contributed by atoms with van der Waals surface area (Å²) < 4.78 is 0. The highest BCUT2D eigenvalue weighted by molar-refractivity contribution is 5.70. The number of benzene rings is 2. The van der Waals surface area contributed by atoms with Gasteiger partial charge in [0.25, 0.3) is 0 Å². The fraction of sp³-hybridized carbons (Fsp3) is 0.111. The molecule has 0 spiro atoms. The fourth-order valence-electron chi connectivity index (χ4n) is 2.35. The lowest BCUT2D eigenvalue weighted by Crippen LogP contribution is -1.99. The number of nitrogen functional groups attached to an aromatic ring is 1. The van der Waals surface area contributed by atoms with E-state index in [-0.39, 0.29) is 0 Å². The Kier molecular flexibility index (Phi) is 3.40. The zero-order valence-electron chi connectivity index (χ0n) is 12.2. The molecular formula is C18H17N3. The van der Waals surface area contributed by atoms with Crippen LogP contribution in [-0.4, -0.2) is 9.97 Å². The molecule has 104 valence electrons. The number of hydrogen-bond donors (Lipinski definition) is 1. The Morgan fingerprint density at radius 1 is 0.857 bits per heavy atom. The standard InChI is InChI=1S/C18H17N3/c1-12-7-6-10-15(13(12)2)16-11-17(19)21-18(20-16)14-8-4-3-5-9-14/h3-11H,1-2H3,(H2,19,20,21). The van der Waals surface area contributed by atoms with Gasteiger partial charge in [-0.3, -0.25) is 0 Å². The van der Waals surface area contributed by atoms with Gasteiger partial charge in [-0.05, 0) is 25.0 Å². The van der Waals surface area contributed by atoms with E-state index >= 15 is 0 Å². The average Bonchev–Trinajstić information content (AvgIpc) is 2.50. The van der Waals surface area contributed by atoms with Crippen molar-refractivity contribution in [2.75, 3.05) is 5.73 Å². The molecule has 3 heteroatoms. The molecule has 1 heterocycles. The van der Waals surface area contributed by atoms with Crippen LogP contribution in [0, 0.1) is 13.8 Å². The first-order valence-electron chi connectivity index (χ1n) is 6.92. The minimum Gasteiger partial charge on any atom is -0.384 e. The second-order valence-corrected chi connectivity index (χ2v) is 5.12. The number of aryl methyl sites for hydroxylation is 1. The fourth-order valence-corrected chi connectivity index (χ4v) is 2.35. The van der Waals surface area contributed by atoms with Gasteiger partial charge in [-0.15, -0.1) is 0 Å². The Labute approximate surface area is 124 Å². The van der Waals surface area contributed by atoms with Gasteiger partial charge in [0.2, 0.25) is 0 Å². The normalized spacial score (nSPS) is 10.6. The van der Waals surface area contributed by atoms with Crippen molar-refractivity contribution in [2.24, 2.45) is 0 Å². The van der Waals surface area contributed by atoms with E-state index in [1.54, 1.807) is 0 Å². The van der Waals surface area contributed by atoms with E-state index in [0.29, 0.717) is 11.6 Å². The summed E-state index contributed by atoms with van der Waals surface area (Å²) in [5, 5.41) is 0. The summed E-state index contributed by atoms with van der Waals surface area (Å²) in [7, 11) is 0. The van der Waals surface area contributed by atoms with Crippen molar-refractivity contribution in [2.45, 2.75) is 13.8 Å². The van der Waals surface area contributed by atoms with Crippen LogP contribution in [-0.2, 0) is 0 Å². The second-order valence-electron chi connectivity index (χ2n) is 5.12. The summed E-state index contributed by atoms with van der Waals surface area (Å²) in [6.07, 6.45) is 0. The van der Waals surface area contributed by atoms with Gasteiger partial charge >= 0.3 is 0 Å². The van der Waals surface area contributed by atoms with E-state index in [1.807, 2.05) is 42.5 Å². The molecule has 0 fully saturated rings. The van der Waals surface area contributed by atoms with Crippen molar-refractivity contribution in [1.82, 2.24) is 9.97 Å². The van der Waals surface area contributed by atoms with Gasteiger partial charge in [0.1, 0.15) is 5.82 Å². The monoisotopic (exact) mass is 275 g/mol. The second kappa shape index (κ2) is 5.37. The van der Waals surface area contributed by atoms with E-state index in [2.05, 4.69) is 35.9 Å². The largest absolute Gasteiger partial charge is 0.384 e. The molecule has 1 aromatic heterocycles. The molecule has 0 unspecified atom stereocenters. The van der Waals surface area contributed by atoms with Gasteiger partial charge in [-0.25, -0.2) is 9.97 Å². The van der Waals surface area contributed by atoms with E-state index < -0.39 is 0 Å². The molecule has 0 saturated heterocycles. The predicted octanol–water partition coefficient (Wildman–Crippen LogP) is 4.01. The van der Waals surface area contributed by atoms with Crippen LogP contribution in [0.2, 0.25) is 0 Å². The Morgan fingerprint density at radius 2 is 1.62 bits per heavy atom. The van der Waals surface area contributed by atoms with Crippen LogP contribution in [0.4, 0.5) is 5.82 Å². The molecule has 0 aliphatic rings. The van der Waals surface area contributed by atoms with Gasteiger partial charge < -0.3 is 5.73 Å². The van der Waals surface area contributed by atoms with Crippen LogP contribution in [0.3, 0.4) is 0 Å². The van der Waals surface area contributed by atoms with Crippen LogP contribution in [0.25, 0.3) is 22.6 Å². The third-order valence-corrected chi connectivity index (χ3v) is 3.66. The SMILES string of the molecule is Cc1cccc(-c2cc(N)nc(-c3ccccc3)n2)c1C.